The van der Waals surface area contributed by atoms with Gasteiger partial charge in [-0.25, -0.2) is 0 Å². The Morgan fingerprint density at radius 2 is 1.80 bits per heavy atom. The second-order valence-corrected chi connectivity index (χ2v) is 7.09. The van der Waals surface area contributed by atoms with E-state index < -0.39 is 24.4 Å². The fourth-order valence-corrected chi connectivity index (χ4v) is 2.93. The number of amides is 1. The average Bonchev–Trinajstić information content (AvgIpc) is 3.13. The molecule has 0 atom stereocenters. The summed E-state index contributed by atoms with van der Waals surface area (Å²) in [4.78, 5) is 12.0. The Kier molecular flexibility index (Phi) is 6.89. The first-order valence-corrected chi connectivity index (χ1v) is 9.56. The molecule has 2 aromatic carbocycles. The first kappa shape index (κ1) is 22.0. The van der Waals surface area contributed by atoms with E-state index in [2.05, 4.69) is 10.4 Å². The summed E-state index contributed by atoms with van der Waals surface area (Å²) in [6.45, 7) is -0.143. The zero-order valence-electron chi connectivity index (χ0n) is 15.4. The first-order valence-electron chi connectivity index (χ1n) is 8.80. The van der Waals surface area contributed by atoms with Gasteiger partial charge in [0.15, 0.2) is 12.3 Å². The van der Waals surface area contributed by atoms with E-state index in [1.807, 2.05) is 12.1 Å². The molecule has 3 aromatic rings. The van der Waals surface area contributed by atoms with E-state index in [-0.39, 0.29) is 16.6 Å². The molecule has 0 aliphatic carbocycles. The van der Waals surface area contributed by atoms with Gasteiger partial charge in [0.25, 0.3) is 5.91 Å². The van der Waals surface area contributed by atoms with Crippen LogP contribution in [0.5, 0.6) is 5.88 Å². The van der Waals surface area contributed by atoms with Crippen molar-refractivity contribution in [3.05, 3.63) is 75.9 Å². The molecule has 0 saturated carbocycles. The Morgan fingerprint density at radius 1 is 1.10 bits per heavy atom. The largest absolute Gasteiger partial charge is 0.467 e. The third-order valence-electron chi connectivity index (χ3n) is 4.05. The number of nitrogens with zero attached hydrogens (tertiary/aromatic N) is 2. The van der Waals surface area contributed by atoms with E-state index in [4.69, 9.17) is 27.9 Å². The predicted octanol–water partition coefficient (Wildman–Crippen LogP) is 4.94. The van der Waals surface area contributed by atoms with Gasteiger partial charge in [-0.3, -0.25) is 4.79 Å². The van der Waals surface area contributed by atoms with Crippen molar-refractivity contribution in [1.29, 1.82) is 0 Å². The maximum absolute atomic E-state index is 13.1. The third-order valence-corrected chi connectivity index (χ3v) is 4.62. The smallest absolute Gasteiger partial charge is 0.435 e. The molecule has 0 unspecified atom stereocenters. The molecular formula is C20H16Cl2F3N3O2. The number of benzene rings is 2. The normalized spacial score (nSPS) is 11.4. The molecule has 1 heterocycles. The summed E-state index contributed by atoms with van der Waals surface area (Å²) in [5.41, 5.74) is 0.0283. The lowest BCUT2D eigenvalue weighted by molar-refractivity contribution is -0.141. The molecule has 1 amide bonds. The second kappa shape index (κ2) is 9.40. The number of ether oxygens (including phenoxy) is 1. The van der Waals surface area contributed by atoms with Crippen LogP contribution in [0.4, 0.5) is 13.2 Å². The molecule has 3 rings (SSSR count). The number of hydrogen-bond acceptors (Lipinski definition) is 3. The van der Waals surface area contributed by atoms with Crippen LogP contribution in [0.15, 0.2) is 54.6 Å². The summed E-state index contributed by atoms with van der Waals surface area (Å²) in [5, 5.41) is 6.99. The molecular weight excluding hydrogens is 442 g/mol. The van der Waals surface area contributed by atoms with Gasteiger partial charge in [-0.2, -0.15) is 23.0 Å². The predicted molar refractivity (Wildman–Crippen MR) is 107 cm³/mol. The van der Waals surface area contributed by atoms with Gasteiger partial charge in [-0.15, -0.1) is 0 Å². The van der Waals surface area contributed by atoms with Crippen LogP contribution in [0.2, 0.25) is 10.0 Å². The van der Waals surface area contributed by atoms with E-state index in [0.717, 1.165) is 16.3 Å². The number of hydrogen-bond donors (Lipinski definition) is 1. The molecule has 0 radical (unpaired) electrons. The lowest BCUT2D eigenvalue weighted by atomic mass is 10.1. The van der Waals surface area contributed by atoms with Gasteiger partial charge >= 0.3 is 6.18 Å². The van der Waals surface area contributed by atoms with Crippen molar-refractivity contribution in [1.82, 2.24) is 15.1 Å². The van der Waals surface area contributed by atoms with Gasteiger partial charge in [0, 0.05) is 17.6 Å². The van der Waals surface area contributed by atoms with Crippen LogP contribution >= 0.6 is 23.2 Å². The summed E-state index contributed by atoms with van der Waals surface area (Å²) >= 11 is 11.9. The zero-order chi connectivity index (χ0) is 21.7. The topological polar surface area (TPSA) is 56.1 Å². The summed E-state index contributed by atoms with van der Waals surface area (Å²) < 4.78 is 45.5. The van der Waals surface area contributed by atoms with E-state index in [1.54, 1.807) is 24.3 Å². The molecule has 158 valence electrons. The Bertz CT molecular complexity index is 1020. The molecule has 5 nitrogen and oxygen atoms in total. The summed E-state index contributed by atoms with van der Waals surface area (Å²) in [6.07, 6.45) is -4.11. The fourth-order valence-electron chi connectivity index (χ4n) is 2.59. The van der Waals surface area contributed by atoms with Gasteiger partial charge in [-0.1, -0.05) is 47.5 Å². The van der Waals surface area contributed by atoms with Gasteiger partial charge in [0.05, 0.1) is 10.7 Å². The molecule has 30 heavy (non-hydrogen) atoms. The minimum absolute atomic E-state index is 0.187. The quantitative estimate of drug-likeness (QED) is 0.546. The highest BCUT2D eigenvalue weighted by molar-refractivity contribution is 6.32. The van der Waals surface area contributed by atoms with E-state index in [9.17, 15) is 18.0 Å². The Labute approximate surface area is 180 Å². The number of aromatic nitrogens is 2. The van der Waals surface area contributed by atoms with Crippen LogP contribution in [0.1, 0.15) is 11.3 Å². The molecule has 0 fully saturated rings. The van der Waals surface area contributed by atoms with E-state index >= 15 is 0 Å². The summed E-state index contributed by atoms with van der Waals surface area (Å²) in [6, 6.07) is 14.1. The lowest BCUT2D eigenvalue weighted by Gasteiger charge is -2.10. The monoisotopic (exact) mass is 457 g/mol. The molecule has 0 saturated heterocycles. The van der Waals surface area contributed by atoms with E-state index in [1.165, 1.54) is 12.1 Å². The van der Waals surface area contributed by atoms with E-state index in [0.29, 0.717) is 18.0 Å². The van der Waals surface area contributed by atoms with Crippen LogP contribution in [0, 0.1) is 0 Å². The highest BCUT2D eigenvalue weighted by atomic mass is 35.5. The van der Waals surface area contributed by atoms with Gasteiger partial charge in [0.2, 0.25) is 5.88 Å². The van der Waals surface area contributed by atoms with Crippen molar-refractivity contribution in [2.24, 2.45) is 0 Å². The summed E-state index contributed by atoms with van der Waals surface area (Å²) in [7, 11) is 0. The average molecular weight is 458 g/mol. The van der Waals surface area contributed by atoms with Crippen molar-refractivity contribution in [3.8, 4) is 11.6 Å². The standard InChI is InChI=1S/C20H16Cl2F3N3O2/c21-14-7-5-13(6-8-14)9-10-26-18(29)12-30-19-11-17(20(23,24)25)27-28(19)16-4-2-1-3-15(16)22/h1-8,11H,9-10,12H2,(H,26,29). The van der Waals surface area contributed by atoms with Crippen LogP contribution in [0.3, 0.4) is 0 Å². The van der Waals surface area contributed by atoms with Crippen LogP contribution in [0.25, 0.3) is 5.69 Å². The Morgan fingerprint density at radius 3 is 2.47 bits per heavy atom. The Hall–Kier alpha value is -2.71. The molecule has 1 N–H and O–H groups in total. The van der Waals surface area contributed by atoms with Crippen molar-refractivity contribution < 1.29 is 22.7 Å². The number of alkyl halides is 3. The molecule has 1 aromatic heterocycles. The van der Waals surface area contributed by atoms with Crippen LogP contribution in [-0.4, -0.2) is 28.8 Å². The van der Waals surface area contributed by atoms with Crippen molar-refractivity contribution in [2.75, 3.05) is 13.2 Å². The van der Waals surface area contributed by atoms with Crippen LogP contribution < -0.4 is 10.1 Å². The number of carbonyl (C=O) groups is 1. The highest BCUT2D eigenvalue weighted by Gasteiger charge is 2.35. The van der Waals surface area contributed by atoms with Gasteiger partial charge in [0.1, 0.15) is 0 Å². The molecule has 0 spiro atoms. The zero-order valence-corrected chi connectivity index (χ0v) is 16.9. The van der Waals surface area contributed by atoms with Crippen molar-refractivity contribution in [2.45, 2.75) is 12.6 Å². The molecule has 0 bridgehead atoms. The molecule has 0 aliphatic heterocycles. The highest BCUT2D eigenvalue weighted by Crippen LogP contribution is 2.33. The summed E-state index contributed by atoms with van der Waals surface area (Å²) in [5.74, 6) is -0.729. The first-order chi connectivity index (χ1) is 14.2. The number of para-hydroxylation sites is 1. The van der Waals surface area contributed by atoms with Crippen LogP contribution in [-0.2, 0) is 17.4 Å². The molecule has 0 aliphatic rings. The maximum Gasteiger partial charge on any atom is 0.435 e. The van der Waals surface area contributed by atoms with Crippen molar-refractivity contribution >= 4 is 29.1 Å². The Balaban J connectivity index is 1.65. The van der Waals surface area contributed by atoms with Gasteiger partial charge in [-0.05, 0) is 36.2 Å². The number of rotatable bonds is 7. The molecule has 10 heteroatoms. The number of carbonyl (C=O) groups excluding carboxylic acids is 1. The fraction of sp³-hybridized carbons (Fsp3) is 0.200. The third kappa shape index (κ3) is 5.67. The maximum atomic E-state index is 13.1. The minimum Gasteiger partial charge on any atom is -0.467 e. The van der Waals surface area contributed by atoms with Crippen molar-refractivity contribution in [3.63, 3.8) is 0 Å². The minimum atomic E-state index is -4.68. The lowest BCUT2D eigenvalue weighted by Crippen LogP contribution is -2.30. The van der Waals surface area contributed by atoms with Gasteiger partial charge < -0.3 is 10.1 Å². The number of nitrogens with one attached hydrogen (secondary N) is 1. The number of halogens is 5. The second-order valence-electron chi connectivity index (χ2n) is 6.24. The SMILES string of the molecule is O=C(COc1cc(C(F)(F)F)nn1-c1ccccc1Cl)NCCc1ccc(Cl)cc1.